The van der Waals surface area contributed by atoms with Crippen molar-refractivity contribution < 1.29 is 42.1 Å². The Labute approximate surface area is 166 Å². The molecule has 0 aliphatic carbocycles. The number of Topliss-reactive ketones (excluding diaryl/α,β-unsaturated/α-hetero) is 1. The first-order valence-corrected chi connectivity index (χ1v) is 8.40. The molecule has 0 bridgehead atoms. The Morgan fingerprint density at radius 3 is 1.86 bits per heavy atom. The first-order chi connectivity index (χ1) is 13.8. The maximum atomic E-state index is 12.5. The molecular formula is C20H20F2O7. The normalized spacial score (nSPS) is 11.6. The number of carbonyl (C=O) groups excluding carboxylic acids is 2. The fourth-order valence-corrected chi connectivity index (χ4v) is 2.52. The first-order valence-electron chi connectivity index (χ1n) is 8.40. The van der Waals surface area contributed by atoms with E-state index in [4.69, 9.17) is 18.9 Å². The number of alkyl halides is 2. The minimum Gasteiger partial charge on any atom is -0.493 e. The molecule has 0 spiro atoms. The van der Waals surface area contributed by atoms with Crippen LogP contribution < -0.4 is 18.9 Å². The van der Waals surface area contributed by atoms with Crippen LogP contribution in [0.4, 0.5) is 8.78 Å². The van der Waals surface area contributed by atoms with Gasteiger partial charge in [0, 0.05) is 5.56 Å². The van der Waals surface area contributed by atoms with Gasteiger partial charge in [0.05, 0.1) is 26.9 Å². The van der Waals surface area contributed by atoms with E-state index in [0.717, 1.165) is 0 Å². The average Bonchev–Trinajstić information content (AvgIpc) is 2.71. The van der Waals surface area contributed by atoms with Crippen LogP contribution in [-0.2, 0) is 4.74 Å². The Hall–Kier alpha value is -3.36. The molecule has 7 nitrogen and oxygen atoms in total. The monoisotopic (exact) mass is 410 g/mol. The summed E-state index contributed by atoms with van der Waals surface area (Å²) in [5.41, 5.74) is 0.275. The zero-order chi connectivity index (χ0) is 21.6. The lowest BCUT2D eigenvalue weighted by atomic mass is 10.1. The van der Waals surface area contributed by atoms with E-state index >= 15 is 0 Å². The minimum absolute atomic E-state index is 0.0846. The molecule has 1 atom stereocenters. The molecule has 0 N–H and O–H groups in total. The summed E-state index contributed by atoms with van der Waals surface area (Å²) in [6.07, 6.45) is -1.12. The van der Waals surface area contributed by atoms with E-state index in [1.807, 2.05) is 0 Å². The van der Waals surface area contributed by atoms with E-state index in [0.29, 0.717) is 5.75 Å². The lowest BCUT2D eigenvalue weighted by molar-refractivity contribution is -0.0498. The quantitative estimate of drug-likeness (QED) is 0.460. The number of benzene rings is 2. The largest absolute Gasteiger partial charge is 0.493 e. The third-order valence-corrected chi connectivity index (χ3v) is 3.92. The highest BCUT2D eigenvalue weighted by molar-refractivity contribution is 6.01. The molecule has 0 radical (unpaired) electrons. The number of ketones is 1. The zero-order valence-corrected chi connectivity index (χ0v) is 16.2. The molecule has 0 saturated carbocycles. The summed E-state index contributed by atoms with van der Waals surface area (Å²) in [4.78, 5) is 24.9. The predicted molar refractivity (Wildman–Crippen MR) is 98.4 cm³/mol. The van der Waals surface area contributed by atoms with Gasteiger partial charge in [-0.25, -0.2) is 4.79 Å². The molecule has 0 aromatic heterocycles. The van der Waals surface area contributed by atoms with Crippen molar-refractivity contribution in [3.05, 3.63) is 47.5 Å². The van der Waals surface area contributed by atoms with Gasteiger partial charge in [0.25, 0.3) is 0 Å². The van der Waals surface area contributed by atoms with Crippen molar-refractivity contribution in [2.75, 3.05) is 21.3 Å². The van der Waals surface area contributed by atoms with Crippen LogP contribution in [-0.4, -0.2) is 45.8 Å². The summed E-state index contributed by atoms with van der Waals surface area (Å²) in [5, 5.41) is 0. The molecule has 2 aromatic carbocycles. The van der Waals surface area contributed by atoms with Crippen molar-refractivity contribution in [1.29, 1.82) is 0 Å². The topological polar surface area (TPSA) is 80.3 Å². The molecular weight excluding hydrogens is 390 g/mol. The summed E-state index contributed by atoms with van der Waals surface area (Å²) in [6, 6.07) is 7.88. The van der Waals surface area contributed by atoms with Gasteiger partial charge in [0.1, 0.15) is 5.75 Å². The van der Waals surface area contributed by atoms with Crippen LogP contribution in [0.1, 0.15) is 27.6 Å². The Bertz CT molecular complexity index is 841. The van der Waals surface area contributed by atoms with E-state index in [2.05, 4.69) is 4.74 Å². The molecule has 29 heavy (non-hydrogen) atoms. The van der Waals surface area contributed by atoms with Gasteiger partial charge in [0.2, 0.25) is 11.5 Å². The average molecular weight is 410 g/mol. The van der Waals surface area contributed by atoms with Crippen LogP contribution in [0.5, 0.6) is 23.0 Å². The van der Waals surface area contributed by atoms with Gasteiger partial charge in [-0.05, 0) is 43.3 Å². The van der Waals surface area contributed by atoms with Gasteiger partial charge < -0.3 is 23.7 Å². The van der Waals surface area contributed by atoms with Crippen molar-refractivity contribution >= 4 is 11.8 Å². The highest BCUT2D eigenvalue weighted by Crippen LogP contribution is 2.38. The molecule has 2 rings (SSSR count). The fourth-order valence-electron chi connectivity index (χ4n) is 2.52. The third kappa shape index (κ3) is 5.34. The molecule has 0 heterocycles. The lowest BCUT2D eigenvalue weighted by Gasteiger charge is -2.16. The van der Waals surface area contributed by atoms with Gasteiger partial charge in [0.15, 0.2) is 17.6 Å². The number of rotatable bonds is 9. The predicted octanol–water partition coefficient (Wildman–Crippen LogP) is 3.74. The number of hydrogen-bond acceptors (Lipinski definition) is 7. The molecule has 0 amide bonds. The molecule has 2 aromatic rings. The lowest BCUT2D eigenvalue weighted by Crippen LogP contribution is -2.24. The van der Waals surface area contributed by atoms with Crippen LogP contribution >= 0.6 is 0 Å². The van der Waals surface area contributed by atoms with Crippen molar-refractivity contribution in [3.63, 3.8) is 0 Å². The molecule has 9 heteroatoms. The third-order valence-electron chi connectivity index (χ3n) is 3.92. The van der Waals surface area contributed by atoms with Gasteiger partial charge in [-0.3, -0.25) is 4.79 Å². The Morgan fingerprint density at radius 1 is 0.862 bits per heavy atom. The van der Waals surface area contributed by atoms with Crippen molar-refractivity contribution in [3.8, 4) is 23.0 Å². The molecule has 0 fully saturated rings. The minimum atomic E-state index is -2.96. The fraction of sp³-hybridized carbons (Fsp3) is 0.300. The number of methoxy groups -OCH3 is 3. The molecule has 0 aliphatic heterocycles. The SMILES string of the molecule is COc1cc(C(=O)OC(C)C(=O)c2ccc(OC(F)F)cc2)cc(OC)c1OC. The van der Waals surface area contributed by atoms with Gasteiger partial charge in [-0.2, -0.15) is 8.78 Å². The van der Waals surface area contributed by atoms with Crippen molar-refractivity contribution in [2.24, 2.45) is 0 Å². The smallest absolute Gasteiger partial charge is 0.387 e. The van der Waals surface area contributed by atoms with Crippen LogP contribution in [0.3, 0.4) is 0 Å². The summed E-state index contributed by atoms with van der Waals surface area (Å²) >= 11 is 0. The zero-order valence-electron chi connectivity index (χ0n) is 16.2. The van der Waals surface area contributed by atoms with Crippen LogP contribution in [0, 0.1) is 0 Å². The van der Waals surface area contributed by atoms with Crippen LogP contribution in [0.15, 0.2) is 36.4 Å². The maximum absolute atomic E-state index is 12.5. The number of ether oxygens (including phenoxy) is 5. The Morgan fingerprint density at radius 2 is 1.41 bits per heavy atom. The summed E-state index contributed by atoms with van der Waals surface area (Å²) < 4.78 is 49.4. The van der Waals surface area contributed by atoms with Crippen LogP contribution in [0.25, 0.3) is 0 Å². The molecule has 1 unspecified atom stereocenters. The standard InChI is InChI=1S/C20H20F2O7/c1-11(17(23)12-5-7-14(8-6-12)29-20(21)22)28-19(24)13-9-15(25-2)18(27-4)16(10-13)26-3/h5-11,20H,1-4H3. The second-order valence-electron chi connectivity index (χ2n) is 5.73. The maximum Gasteiger partial charge on any atom is 0.387 e. The van der Waals surface area contributed by atoms with E-state index in [9.17, 15) is 18.4 Å². The molecule has 0 saturated heterocycles. The van der Waals surface area contributed by atoms with Crippen molar-refractivity contribution in [1.82, 2.24) is 0 Å². The number of carbonyl (C=O) groups is 2. The van der Waals surface area contributed by atoms with Gasteiger partial charge in [-0.15, -0.1) is 0 Å². The summed E-state index contributed by atoms with van der Waals surface area (Å²) in [5.74, 6) is -0.544. The number of hydrogen-bond donors (Lipinski definition) is 0. The summed E-state index contributed by atoms with van der Waals surface area (Å²) in [7, 11) is 4.23. The van der Waals surface area contributed by atoms with E-state index in [-0.39, 0.29) is 28.4 Å². The van der Waals surface area contributed by atoms with E-state index < -0.39 is 24.5 Å². The highest BCUT2D eigenvalue weighted by Gasteiger charge is 2.23. The highest BCUT2D eigenvalue weighted by atomic mass is 19.3. The van der Waals surface area contributed by atoms with E-state index in [1.165, 1.54) is 64.7 Å². The Balaban J connectivity index is 2.14. The van der Waals surface area contributed by atoms with Crippen molar-refractivity contribution in [2.45, 2.75) is 19.6 Å². The van der Waals surface area contributed by atoms with Crippen LogP contribution in [0.2, 0.25) is 0 Å². The first kappa shape index (κ1) is 21.9. The number of esters is 1. The van der Waals surface area contributed by atoms with E-state index in [1.54, 1.807) is 0 Å². The van der Waals surface area contributed by atoms with Gasteiger partial charge >= 0.3 is 12.6 Å². The number of halogens is 2. The second-order valence-corrected chi connectivity index (χ2v) is 5.73. The molecule has 156 valence electrons. The Kier molecular flexibility index (Phi) is 7.35. The summed E-state index contributed by atoms with van der Waals surface area (Å²) in [6.45, 7) is -1.56. The molecule has 0 aliphatic rings. The second kappa shape index (κ2) is 9.72. The van der Waals surface area contributed by atoms with Gasteiger partial charge in [-0.1, -0.05) is 0 Å².